The fraction of sp³-hybridized carbons (Fsp3) is 0.333. The average molecular weight is 108 g/mol. The van der Waals surface area contributed by atoms with E-state index in [9.17, 15) is 0 Å². The normalized spacial score (nSPS) is 34.5. The van der Waals surface area contributed by atoms with Crippen LogP contribution in [0.25, 0.3) is 0 Å². The van der Waals surface area contributed by atoms with Crippen molar-refractivity contribution < 1.29 is 0 Å². The number of nitrogens with two attached hydrogens (primary N) is 1. The summed E-state index contributed by atoms with van der Waals surface area (Å²) in [6.07, 6.45) is 3.27. The van der Waals surface area contributed by atoms with E-state index >= 15 is 0 Å². The van der Waals surface area contributed by atoms with Crippen LogP contribution in [0.1, 0.15) is 6.92 Å². The van der Waals surface area contributed by atoms with Gasteiger partial charge in [-0.25, -0.2) is 0 Å². The Hall–Kier alpha value is -0.850. The van der Waals surface area contributed by atoms with Gasteiger partial charge in [-0.15, -0.1) is 5.73 Å². The Morgan fingerprint density at radius 3 is 2.62 bits per heavy atom. The summed E-state index contributed by atoms with van der Waals surface area (Å²) >= 11 is 0. The first-order chi connectivity index (χ1) is 3.63. The summed E-state index contributed by atoms with van der Waals surface area (Å²) < 4.78 is 0. The van der Waals surface area contributed by atoms with E-state index in [2.05, 4.69) is 5.73 Å². The minimum absolute atomic E-state index is 0.428. The highest BCUT2D eigenvalue weighted by Crippen LogP contribution is 2.08. The summed E-state index contributed by atoms with van der Waals surface area (Å²) in [6, 6.07) is 0. The van der Waals surface area contributed by atoms with E-state index in [0.29, 0.717) is 5.71 Å². The third-order valence-corrected chi connectivity index (χ3v) is 1.19. The number of rotatable bonds is 0. The molecule has 0 aliphatic heterocycles. The van der Waals surface area contributed by atoms with Gasteiger partial charge in [-0.2, -0.15) is 0 Å². The Balaban J connectivity index is 2.94. The van der Waals surface area contributed by atoms with Crippen LogP contribution in [0.15, 0.2) is 17.9 Å². The molecule has 8 heavy (non-hydrogen) atoms. The SMILES string of the molecule is CC1(N)C=C=CC1=N. The van der Waals surface area contributed by atoms with E-state index in [0.717, 1.165) is 0 Å². The zero-order chi connectivity index (χ0) is 6.20. The van der Waals surface area contributed by atoms with Gasteiger partial charge in [-0.05, 0) is 13.0 Å². The Bertz CT molecular complexity index is 183. The van der Waals surface area contributed by atoms with Crippen LogP contribution in [0.5, 0.6) is 0 Å². The van der Waals surface area contributed by atoms with Crippen molar-refractivity contribution in [3.8, 4) is 0 Å². The van der Waals surface area contributed by atoms with E-state index < -0.39 is 5.54 Å². The molecule has 2 heteroatoms. The fourth-order valence-corrected chi connectivity index (χ4v) is 0.531. The monoisotopic (exact) mass is 108 g/mol. The molecule has 1 rings (SSSR count). The second-order valence-electron chi connectivity index (χ2n) is 2.15. The number of hydrogen-bond acceptors (Lipinski definition) is 2. The van der Waals surface area contributed by atoms with Crippen LogP contribution in [-0.2, 0) is 0 Å². The van der Waals surface area contributed by atoms with Crippen LogP contribution >= 0.6 is 0 Å². The van der Waals surface area contributed by atoms with Crippen molar-refractivity contribution in [3.05, 3.63) is 17.9 Å². The van der Waals surface area contributed by atoms with Gasteiger partial charge in [0.2, 0.25) is 0 Å². The molecular formula is C6H8N2. The molecule has 0 aromatic carbocycles. The van der Waals surface area contributed by atoms with Crippen LogP contribution in [0.4, 0.5) is 0 Å². The third-order valence-electron chi connectivity index (χ3n) is 1.19. The van der Waals surface area contributed by atoms with Gasteiger partial charge >= 0.3 is 0 Å². The van der Waals surface area contributed by atoms with Gasteiger partial charge in [0.1, 0.15) is 0 Å². The number of nitrogens with one attached hydrogen (secondary N) is 1. The molecule has 1 atom stereocenters. The molecule has 0 amide bonds. The largest absolute Gasteiger partial charge is 0.317 e. The van der Waals surface area contributed by atoms with Gasteiger partial charge in [0.05, 0.1) is 11.3 Å². The molecule has 0 saturated carbocycles. The lowest BCUT2D eigenvalue weighted by molar-refractivity contribution is 0.789. The molecule has 2 nitrogen and oxygen atoms in total. The van der Waals surface area contributed by atoms with Crippen molar-refractivity contribution in [1.29, 1.82) is 5.41 Å². The van der Waals surface area contributed by atoms with Gasteiger partial charge in [0.25, 0.3) is 0 Å². The smallest absolute Gasteiger partial charge is 0.0814 e. The molecule has 0 aromatic heterocycles. The van der Waals surface area contributed by atoms with Gasteiger partial charge in [0, 0.05) is 6.08 Å². The topological polar surface area (TPSA) is 49.9 Å². The summed E-state index contributed by atoms with van der Waals surface area (Å²) in [5.41, 5.74) is 8.18. The van der Waals surface area contributed by atoms with Crippen molar-refractivity contribution in [2.24, 2.45) is 5.73 Å². The predicted molar refractivity (Wildman–Crippen MR) is 33.0 cm³/mol. The third kappa shape index (κ3) is 0.601. The molecule has 3 N–H and O–H groups in total. The molecule has 0 bridgehead atoms. The lowest BCUT2D eigenvalue weighted by atomic mass is 10.0. The minimum atomic E-state index is -0.556. The van der Waals surface area contributed by atoms with Gasteiger partial charge in [-0.1, -0.05) is 0 Å². The summed E-state index contributed by atoms with van der Waals surface area (Å²) in [6.45, 7) is 1.78. The Morgan fingerprint density at radius 1 is 1.88 bits per heavy atom. The van der Waals surface area contributed by atoms with Crippen LogP contribution in [0.3, 0.4) is 0 Å². The maximum Gasteiger partial charge on any atom is 0.0814 e. The molecule has 1 unspecified atom stereocenters. The molecule has 0 spiro atoms. The second-order valence-corrected chi connectivity index (χ2v) is 2.15. The van der Waals surface area contributed by atoms with Crippen molar-refractivity contribution in [2.45, 2.75) is 12.5 Å². The van der Waals surface area contributed by atoms with Crippen molar-refractivity contribution in [1.82, 2.24) is 0 Å². The van der Waals surface area contributed by atoms with E-state index in [-0.39, 0.29) is 0 Å². The van der Waals surface area contributed by atoms with Crippen molar-refractivity contribution in [2.75, 3.05) is 0 Å². The molecule has 0 saturated heterocycles. The molecule has 0 heterocycles. The zero-order valence-corrected chi connectivity index (χ0v) is 4.73. The minimum Gasteiger partial charge on any atom is -0.317 e. The molecule has 1 aliphatic carbocycles. The van der Waals surface area contributed by atoms with Gasteiger partial charge < -0.3 is 11.1 Å². The van der Waals surface area contributed by atoms with Crippen molar-refractivity contribution >= 4 is 5.71 Å². The molecule has 0 aromatic rings. The summed E-state index contributed by atoms with van der Waals surface area (Å²) in [7, 11) is 0. The summed E-state index contributed by atoms with van der Waals surface area (Å²) in [5.74, 6) is 0. The van der Waals surface area contributed by atoms with Crippen LogP contribution in [-0.4, -0.2) is 11.3 Å². The first-order valence-electron chi connectivity index (χ1n) is 2.44. The molecule has 42 valence electrons. The zero-order valence-electron chi connectivity index (χ0n) is 4.73. The van der Waals surface area contributed by atoms with E-state index in [1.54, 1.807) is 19.1 Å². The van der Waals surface area contributed by atoms with Crippen LogP contribution < -0.4 is 5.73 Å². The maximum absolute atomic E-state index is 7.18. The standard InChI is InChI=1S/C6H8N2/c1-6(8)4-2-3-5(6)7/h3-4,7H,8H2,1H3. The highest BCUT2D eigenvalue weighted by Gasteiger charge is 2.21. The van der Waals surface area contributed by atoms with Gasteiger partial charge in [-0.3, -0.25) is 0 Å². The average Bonchev–Trinajstić information content (AvgIpc) is 1.86. The second kappa shape index (κ2) is 1.31. The fourth-order valence-electron chi connectivity index (χ4n) is 0.531. The molecular weight excluding hydrogens is 100 g/mol. The maximum atomic E-state index is 7.18. The quantitative estimate of drug-likeness (QED) is 0.435. The first-order valence-corrected chi connectivity index (χ1v) is 2.44. The summed E-state index contributed by atoms with van der Waals surface area (Å²) in [4.78, 5) is 0. The van der Waals surface area contributed by atoms with E-state index in [4.69, 9.17) is 11.1 Å². The predicted octanol–water partition coefficient (Wildman–Crippen LogP) is 0.448. The molecule has 0 radical (unpaired) electrons. The Morgan fingerprint density at radius 2 is 2.50 bits per heavy atom. The lowest BCUT2D eigenvalue weighted by Gasteiger charge is -2.12. The highest BCUT2D eigenvalue weighted by molar-refractivity contribution is 6.03. The number of hydrogen-bond donors (Lipinski definition) is 2. The van der Waals surface area contributed by atoms with E-state index in [1.165, 1.54) is 0 Å². The molecule has 0 fully saturated rings. The van der Waals surface area contributed by atoms with Crippen LogP contribution in [0.2, 0.25) is 0 Å². The van der Waals surface area contributed by atoms with Gasteiger partial charge in [0.15, 0.2) is 0 Å². The Labute approximate surface area is 48.2 Å². The summed E-state index contributed by atoms with van der Waals surface area (Å²) in [5, 5.41) is 7.18. The van der Waals surface area contributed by atoms with E-state index in [1.807, 2.05) is 0 Å². The lowest BCUT2D eigenvalue weighted by Crippen LogP contribution is -2.39. The highest BCUT2D eigenvalue weighted by atomic mass is 14.8. The molecule has 1 aliphatic rings. The Kier molecular flexibility index (Phi) is 0.868. The van der Waals surface area contributed by atoms with Crippen molar-refractivity contribution in [3.63, 3.8) is 0 Å². The first kappa shape index (κ1) is 5.29. The van der Waals surface area contributed by atoms with Crippen LogP contribution in [0, 0.1) is 5.41 Å².